The summed E-state index contributed by atoms with van der Waals surface area (Å²) >= 11 is 0. The molecule has 0 saturated heterocycles. The van der Waals surface area contributed by atoms with Gasteiger partial charge >= 0.3 is 12.1 Å². The number of aliphatic carboxylic acids is 1. The average molecular weight is 471 g/mol. The van der Waals surface area contributed by atoms with Gasteiger partial charge in [0.2, 0.25) is 5.91 Å². The van der Waals surface area contributed by atoms with E-state index in [0.717, 1.165) is 22.3 Å². The van der Waals surface area contributed by atoms with E-state index in [2.05, 4.69) is 10.6 Å². The second-order valence-corrected chi connectivity index (χ2v) is 7.90. The first-order chi connectivity index (χ1) is 16.4. The van der Waals surface area contributed by atoms with Gasteiger partial charge in [-0.05, 0) is 29.2 Å². The zero-order valence-electron chi connectivity index (χ0n) is 19.3. The zero-order chi connectivity index (χ0) is 24.5. The van der Waals surface area contributed by atoms with Crippen molar-refractivity contribution in [1.82, 2.24) is 10.6 Å². The number of ether oxygens (including phenoxy) is 3. The molecule has 0 spiro atoms. The Labute approximate surface area is 198 Å². The van der Waals surface area contributed by atoms with Crippen LogP contribution in [0.1, 0.15) is 30.4 Å². The van der Waals surface area contributed by atoms with Crippen molar-refractivity contribution in [2.24, 2.45) is 0 Å². The SMILES string of the molecule is CCOC(CNC(=O)[C@H](COC)NC(=O)OCC1c2ccccc2-c2ccccc21)CC(=O)O. The molecule has 182 valence electrons. The molecule has 2 aromatic carbocycles. The number of carboxylic acid groups (broad SMARTS) is 1. The predicted molar refractivity (Wildman–Crippen MR) is 125 cm³/mol. The van der Waals surface area contributed by atoms with E-state index in [1.54, 1.807) is 6.92 Å². The molecule has 9 nitrogen and oxygen atoms in total. The third-order valence-corrected chi connectivity index (χ3v) is 5.59. The summed E-state index contributed by atoms with van der Waals surface area (Å²) in [7, 11) is 1.41. The number of alkyl carbamates (subject to hydrolysis) is 1. The molecule has 0 saturated carbocycles. The number of rotatable bonds is 12. The lowest BCUT2D eigenvalue weighted by molar-refractivity contribution is -0.140. The lowest BCUT2D eigenvalue weighted by atomic mass is 9.98. The molecule has 1 unspecified atom stereocenters. The van der Waals surface area contributed by atoms with Crippen molar-refractivity contribution < 1.29 is 33.7 Å². The van der Waals surface area contributed by atoms with Crippen LogP contribution in [-0.2, 0) is 23.8 Å². The standard InChI is InChI=1S/C25H30N2O7/c1-3-33-16(12-23(28)29)13-26-24(30)22(15-32-2)27-25(31)34-14-21-19-10-6-4-8-17(19)18-9-5-7-11-20(18)21/h4-11,16,21-22H,3,12-15H2,1-2H3,(H,26,30)(H,27,31)(H,28,29)/t16?,22-/m0/s1. The second kappa shape index (κ2) is 12.2. The highest BCUT2D eigenvalue weighted by molar-refractivity contribution is 5.86. The topological polar surface area (TPSA) is 123 Å². The van der Waals surface area contributed by atoms with Gasteiger partial charge in [0.25, 0.3) is 0 Å². The van der Waals surface area contributed by atoms with Crippen molar-refractivity contribution in [3.05, 3.63) is 59.7 Å². The summed E-state index contributed by atoms with van der Waals surface area (Å²) in [5.74, 6) is -1.65. The van der Waals surface area contributed by atoms with Gasteiger partial charge in [-0.25, -0.2) is 4.79 Å². The Kier molecular flexibility index (Phi) is 9.00. The van der Waals surface area contributed by atoms with E-state index in [-0.39, 0.29) is 32.1 Å². The van der Waals surface area contributed by atoms with Crippen LogP contribution in [0.4, 0.5) is 4.79 Å². The van der Waals surface area contributed by atoms with Crippen LogP contribution >= 0.6 is 0 Å². The molecule has 34 heavy (non-hydrogen) atoms. The highest BCUT2D eigenvalue weighted by Crippen LogP contribution is 2.44. The van der Waals surface area contributed by atoms with Crippen molar-refractivity contribution in [1.29, 1.82) is 0 Å². The van der Waals surface area contributed by atoms with Gasteiger partial charge < -0.3 is 30.0 Å². The van der Waals surface area contributed by atoms with Gasteiger partial charge in [0.05, 0.1) is 19.1 Å². The Hall–Kier alpha value is -3.43. The quantitative estimate of drug-likeness (QED) is 0.436. The molecule has 2 atom stereocenters. The smallest absolute Gasteiger partial charge is 0.407 e. The Bertz CT molecular complexity index is 965. The van der Waals surface area contributed by atoms with Crippen LogP contribution in [0.5, 0.6) is 0 Å². The van der Waals surface area contributed by atoms with E-state index >= 15 is 0 Å². The fourth-order valence-electron chi connectivity index (χ4n) is 4.09. The van der Waals surface area contributed by atoms with Gasteiger partial charge in [0.15, 0.2) is 0 Å². The zero-order valence-corrected chi connectivity index (χ0v) is 19.3. The maximum Gasteiger partial charge on any atom is 0.407 e. The minimum Gasteiger partial charge on any atom is -0.481 e. The average Bonchev–Trinajstić information content (AvgIpc) is 3.14. The summed E-state index contributed by atoms with van der Waals surface area (Å²) in [6.45, 7) is 2.09. The summed E-state index contributed by atoms with van der Waals surface area (Å²) < 4.78 is 15.9. The first-order valence-corrected chi connectivity index (χ1v) is 11.2. The molecule has 2 amide bonds. The molecule has 1 aliphatic carbocycles. The Morgan fingerprint density at radius 3 is 2.21 bits per heavy atom. The lowest BCUT2D eigenvalue weighted by Gasteiger charge is -2.21. The van der Waals surface area contributed by atoms with Gasteiger partial charge in [0, 0.05) is 26.2 Å². The number of carbonyl (C=O) groups is 3. The largest absolute Gasteiger partial charge is 0.481 e. The highest BCUT2D eigenvalue weighted by atomic mass is 16.5. The van der Waals surface area contributed by atoms with Gasteiger partial charge in [-0.3, -0.25) is 9.59 Å². The Morgan fingerprint density at radius 2 is 1.65 bits per heavy atom. The van der Waals surface area contributed by atoms with Gasteiger partial charge in [-0.1, -0.05) is 48.5 Å². The van der Waals surface area contributed by atoms with Crippen molar-refractivity contribution in [2.45, 2.75) is 31.4 Å². The second-order valence-electron chi connectivity index (χ2n) is 7.90. The molecule has 0 heterocycles. The number of hydrogen-bond acceptors (Lipinski definition) is 6. The summed E-state index contributed by atoms with van der Waals surface area (Å²) in [5.41, 5.74) is 4.41. The normalized spacial score (nSPS) is 13.9. The predicted octanol–water partition coefficient (Wildman–Crippen LogP) is 2.54. The van der Waals surface area contributed by atoms with Crippen LogP contribution in [-0.4, -0.2) is 68.7 Å². The van der Waals surface area contributed by atoms with Crippen LogP contribution in [0, 0.1) is 0 Å². The molecular formula is C25H30N2O7. The van der Waals surface area contributed by atoms with Crippen LogP contribution in [0.25, 0.3) is 11.1 Å². The third-order valence-electron chi connectivity index (χ3n) is 5.59. The van der Waals surface area contributed by atoms with E-state index in [9.17, 15) is 14.4 Å². The van der Waals surface area contributed by atoms with Gasteiger partial charge in [-0.2, -0.15) is 0 Å². The number of hydrogen-bond donors (Lipinski definition) is 3. The first kappa shape index (κ1) is 25.2. The first-order valence-electron chi connectivity index (χ1n) is 11.2. The van der Waals surface area contributed by atoms with E-state index in [1.165, 1.54) is 7.11 Å². The molecule has 3 rings (SSSR count). The minimum atomic E-state index is -1.03. The van der Waals surface area contributed by atoms with Crippen LogP contribution in [0.2, 0.25) is 0 Å². The number of fused-ring (bicyclic) bond motifs is 3. The summed E-state index contributed by atoms with van der Waals surface area (Å²) in [6.07, 6.45) is -1.67. The molecular weight excluding hydrogens is 440 g/mol. The van der Waals surface area contributed by atoms with E-state index in [0.29, 0.717) is 6.61 Å². The van der Waals surface area contributed by atoms with Crippen molar-refractivity contribution in [2.75, 3.05) is 33.5 Å². The van der Waals surface area contributed by atoms with E-state index in [4.69, 9.17) is 19.3 Å². The molecule has 2 aromatic rings. The van der Waals surface area contributed by atoms with Crippen molar-refractivity contribution >= 4 is 18.0 Å². The Balaban J connectivity index is 1.58. The van der Waals surface area contributed by atoms with E-state index < -0.39 is 30.1 Å². The van der Waals surface area contributed by atoms with Gasteiger partial charge in [0.1, 0.15) is 12.6 Å². The molecule has 3 N–H and O–H groups in total. The fraction of sp³-hybridized carbons (Fsp3) is 0.400. The number of methoxy groups -OCH3 is 1. The highest BCUT2D eigenvalue weighted by Gasteiger charge is 2.30. The lowest BCUT2D eigenvalue weighted by Crippen LogP contribution is -2.51. The monoisotopic (exact) mass is 470 g/mol. The summed E-state index contributed by atoms with van der Waals surface area (Å²) in [6, 6.07) is 15.0. The number of carbonyl (C=O) groups excluding carboxylic acids is 2. The van der Waals surface area contributed by atoms with Crippen LogP contribution < -0.4 is 10.6 Å². The molecule has 0 radical (unpaired) electrons. The third kappa shape index (κ3) is 6.33. The van der Waals surface area contributed by atoms with Crippen LogP contribution in [0.15, 0.2) is 48.5 Å². The Morgan fingerprint density at radius 1 is 1.03 bits per heavy atom. The van der Waals surface area contributed by atoms with Crippen molar-refractivity contribution in [3.63, 3.8) is 0 Å². The molecule has 0 aliphatic heterocycles. The number of amides is 2. The molecule has 9 heteroatoms. The van der Waals surface area contributed by atoms with Gasteiger partial charge in [-0.15, -0.1) is 0 Å². The summed E-state index contributed by atoms with van der Waals surface area (Å²) in [5, 5.41) is 14.1. The molecule has 0 fully saturated rings. The maximum absolute atomic E-state index is 12.6. The molecule has 0 bridgehead atoms. The fourth-order valence-corrected chi connectivity index (χ4v) is 4.09. The van der Waals surface area contributed by atoms with Crippen LogP contribution in [0.3, 0.4) is 0 Å². The maximum atomic E-state index is 12.6. The number of benzene rings is 2. The van der Waals surface area contributed by atoms with E-state index in [1.807, 2.05) is 48.5 Å². The number of carboxylic acids is 1. The summed E-state index contributed by atoms with van der Waals surface area (Å²) in [4.78, 5) is 36.1. The number of nitrogens with one attached hydrogen (secondary N) is 2. The minimum absolute atomic E-state index is 0.00838. The van der Waals surface area contributed by atoms with Crippen molar-refractivity contribution in [3.8, 4) is 11.1 Å². The molecule has 0 aromatic heterocycles. The molecule has 1 aliphatic rings.